The van der Waals surface area contributed by atoms with Gasteiger partial charge in [0, 0.05) is 35.7 Å². The fourth-order valence-corrected chi connectivity index (χ4v) is 6.06. The van der Waals surface area contributed by atoms with Crippen molar-refractivity contribution in [2.75, 3.05) is 18.1 Å². The molecule has 0 radical (unpaired) electrons. The van der Waals surface area contributed by atoms with E-state index in [1.807, 2.05) is 53.4 Å². The molecule has 1 spiro atoms. The molecule has 1 fully saturated rings. The molecule has 4 aliphatic rings. The van der Waals surface area contributed by atoms with Crippen LogP contribution in [0.1, 0.15) is 58.3 Å². The van der Waals surface area contributed by atoms with Crippen LogP contribution in [0.2, 0.25) is 0 Å². The molecule has 1 amide bonds. The predicted molar refractivity (Wildman–Crippen MR) is 132 cm³/mol. The van der Waals surface area contributed by atoms with Crippen LogP contribution in [-0.2, 0) is 23.2 Å². The number of benzene rings is 3. The van der Waals surface area contributed by atoms with Crippen molar-refractivity contribution in [3.8, 4) is 11.5 Å². The maximum Gasteiger partial charge on any atom is 0.246 e. The summed E-state index contributed by atoms with van der Waals surface area (Å²) in [6, 6.07) is 19.9. The number of ketones is 1. The Bertz CT molecular complexity index is 1360. The van der Waals surface area contributed by atoms with Crippen molar-refractivity contribution >= 4 is 17.4 Å². The van der Waals surface area contributed by atoms with Gasteiger partial charge in [0.2, 0.25) is 5.91 Å². The van der Waals surface area contributed by atoms with Crippen LogP contribution in [0.25, 0.3) is 0 Å². The van der Waals surface area contributed by atoms with Gasteiger partial charge in [0.15, 0.2) is 5.78 Å². The lowest BCUT2D eigenvalue weighted by Gasteiger charge is -2.24. The highest BCUT2D eigenvalue weighted by Gasteiger charge is 2.57. The number of para-hydroxylation sites is 1. The van der Waals surface area contributed by atoms with Crippen molar-refractivity contribution in [2.45, 2.75) is 44.1 Å². The smallest absolute Gasteiger partial charge is 0.246 e. The Kier molecular flexibility index (Phi) is 4.57. The van der Waals surface area contributed by atoms with E-state index in [1.54, 1.807) is 0 Å². The van der Waals surface area contributed by atoms with E-state index in [9.17, 15) is 9.59 Å². The number of hydrogen-bond acceptors (Lipinski definition) is 4. The molecule has 0 N–H and O–H groups in total. The first-order valence-corrected chi connectivity index (χ1v) is 12.6. The van der Waals surface area contributed by atoms with Gasteiger partial charge in [-0.25, -0.2) is 0 Å². The zero-order valence-corrected chi connectivity index (χ0v) is 19.6. The van der Waals surface area contributed by atoms with E-state index in [-0.39, 0.29) is 11.7 Å². The minimum absolute atomic E-state index is 0.0430. The molecule has 0 saturated heterocycles. The summed E-state index contributed by atoms with van der Waals surface area (Å²) < 4.78 is 11.8. The number of anilines is 1. The van der Waals surface area contributed by atoms with Crippen LogP contribution in [0.5, 0.6) is 11.5 Å². The van der Waals surface area contributed by atoms with Crippen molar-refractivity contribution in [1.82, 2.24) is 0 Å². The summed E-state index contributed by atoms with van der Waals surface area (Å²) in [7, 11) is 0. The summed E-state index contributed by atoms with van der Waals surface area (Å²) in [6.07, 6.45) is 5.09. The number of amides is 1. The average Bonchev–Trinajstić information content (AvgIpc) is 3.53. The second-order valence-electron chi connectivity index (χ2n) is 10.3. The summed E-state index contributed by atoms with van der Waals surface area (Å²) in [5.74, 6) is 2.43. The number of carbonyl (C=O) groups excluding carboxylic acids is 2. The Morgan fingerprint density at radius 2 is 1.80 bits per heavy atom. The lowest BCUT2D eigenvalue weighted by molar-refractivity contribution is -0.122. The average molecular weight is 466 g/mol. The first-order valence-electron chi connectivity index (χ1n) is 12.6. The number of ether oxygens (including phenoxy) is 2. The second-order valence-corrected chi connectivity index (χ2v) is 10.3. The van der Waals surface area contributed by atoms with Gasteiger partial charge >= 0.3 is 0 Å². The number of Topliss-reactive ketones (excluding diaryl/α,β-unsaturated/α-hetero) is 1. The first-order chi connectivity index (χ1) is 17.1. The van der Waals surface area contributed by atoms with Crippen molar-refractivity contribution in [3.05, 3.63) is 88.5 Å². The molecule has 3 aliphatic heterocycles. The minimum atomic E-state index is -0.831. The van der Waals surface area contributed by atoms with E-state index in [0.717, 1.165) is 51.4 Å². The van der Waals surface area contributed by atoms with Crippen LogP contribution in [-0.4, -0.2) is 24.9 Å². The highest BCUT2D eigenvalue weighted by molar-refractivity contribution is 6.11. The van der Waals surface area contributed by atoms with Gasteiger partial charge in [0.1, 0.15) is 23.5 Å². The minimum Gasteiger partial charge on any atom is -0.493 e. The zero-order valence-electron chi connectivity index (χ0n) is 19.6. The molecule has 0 bridgehead atoms. The number of nitrogens with zero attached hydrogens (tertiary/aromatic N) is 1. The maximum absolute atomic E-state index is 14.2. The van der Waals surface area contributed by atoms with E-state index >= 15 is 0 Å². The molecule has 3 aromatic rings. The zero-order chi connectivity index (χ0) is 23.6. The third-order valence-corrected chi connectivity index (χ3v) is 8.28. The van der Waals surface area contributed by atoms with Crippen molar-refractivity contribution in [3.63, 3.8) is 0 Å². The molecule has 5 nitrogen and oxygen atoms in total. The predicted octanol–water partition coefficient (Wildman–Crippen LogP) is 5.22. The van der Waals surface area contributed by atoms with Gasteiger partial charge in [-0.2, -0.15) is 0 Å². The quantitative estimate of drug-likeness (QED) is 0.485. The summed E-state index contributed by atoms with van der Waals surface area (Å²) in [6.45, 7) is 1.42. The maximum atomic E-state index is 14.2. The third kappa shape index (κ3) is 3.07. The Morgan fingerprint density at radius 1 is 0.971 bits per heavy atom. The summed E-state index contributed by atoms with van der Waals surface area (Å²) >= 11 is 0. The molecule has 3 aromatic carbocycles. The van der Waals surface area contributed by atoms with Crippen LogP contribution >= 0.6 is 0 Å². The fourth-order valence-electron chi connectivity index (χ4n) is 6.06. The van der Waals surface area contributed by atoms with Crippen LogP contribution in [0.3, 0.4) is 0 Å². The van der Waals surface area contributed by atoms with E-state index in [2.05, 4.69) is 12.1 Å². The topological polar surface area (TPSA) is 55.8 Å². The number of fused-ring (bicyclic) bond motifs is 5. The van der Waals surface area contributed by atoms with Gasteiger partial charge in [-0.3, -0.25) is 9.59 Å². The lowest BCUT2D eigenvalue weighted by Crippen LogP contribution is -2.42. The van der Waals surface area contributed by atoms with E-state index < -0.39 is 5.41 Å². The normalized spacial score (nSPS) is 21.8. The lowest BCUT2D eigenvalue weighted by atomic mass is 9.76. The summed E-state index contributed by atoms with van der Waals surface area (Å²) in [4.78, 5) is 28.6. The largest absolute Gasteiger partial charge is 0.493 e. The van der Waals surface area contributed by atoms with Gasteiger partial charge < -0.3 is 14.4 Å². The molecule has 1 aliphatic carbocycles. The Morgan fingerprint density at radius 3 is 2.60 bits per heavy atom. The van der Waals surface area contributed by atoms with Crippen molar-refractivity contribution in [2.24, 2.45) is 5.92 Å². The summed E-state index contributed by atoms with van der Waals surface area (Å²) in [5, 5.41) is 0. The number of carbonyl (C=O) groups is 2. The van der Waals surface area contributed by atoms with Gasteiger partial charge in [0.05, 0.1) is 13.2 Å². The van der Waals surface area contributed by atoms with E-state index in [4.69, 9.17) is 9.47 Å². The van der Waals surface area contributed by atoms with Crippen molar-refractivity contribution < 1.29 is 19.1 Å². The molecule has 7 rings (SSSR count). The highest BCUT2D eigenvalue weighted by atomic mass is 16.5. The molecule has 0 aromatic heterocycles. The Hall–Kier alpha value is -3.60. The fraction of sp³-hybridized carbons (Fsp3) is 0.333. The summed E-state index contributed by atoms with van der Waals surface area (Å²) in [5.41, 5.74) is 4.94. The van der Waals surface area contributed by atoms with Crippen LogP contribution in [0, 0.1) is 5.92 Å². The molecular weight excluding hydrogens is 438 g/mol. The van der Waals surface area contributed by atoms with Gasteiger partial charge in [-0.1, -0.05) is 61.7 Å². The molecule has 1 atom stereocenters. The molecule has 3 heterocycles. The Balaban J connectivity index is 1.21. The van der Waals surface area contributed by atoms with Gasteiger partial charge in [0.25, 0.3) is 0 Å². The highest BCUT2D eigenvalue weighted by Crippen LogP contribution is 2.54. The van der Waals surface area contributed by atoms with Gasteiger partial charge in [-0.15, -0.1) is 0 Å². The number of rotatable bonds is 5. The monoisotopic (exact) mass is 465 g/mol. The van der Waals surface area contributed by atoms with Gasteiger partial charge in [-0.05, 0) is 34.7 Å². The molecule has 35 heavy (non-hydrogen) atoms. The molecule has 176 valence electrons. The number of hydrogen-bond donors (Lipinski definition) is 0. The van der Waals surface area contributed by atoms with Crippen LogP contribution in [0.15, 0.2) is 60.7 Å². The molecular formula is C30H27NO4. The Labute approximate surface area is 204 Å². The second kappa shape index (κ2) is 7.70. The van der Waals surface area contributed by atoms with Crippen molar-refractivity contribution in [1.29, 1.82) is 0 Å². The molecule has 5 heteroatoms. The van der Waals surface area contributed by atoms with E-state index in [1.165, 1.54) is 19.3 Å². The SMILES string of the molecule is O=C(CC1CCC1)c1ccc(CN2C(=O)C3(COc4cc5c(cc43)CCO5)c3ccccc32)cc1. The first kappa shape index (κ1) is 20.7. The van der Waals surface area contributed by atoms with E-state index in [0.29, 0.717) is 32.1 Å². The molecule has 1 unspecified atom stereocenters. The standard InChI is InChI=1S/C30H27NO4/c32-26(14-19-4-3-5-19)21-10-8-20(9-11-21)17-31-25-7-2-1-6-23(25)30(29(31)33)18-35-28-16-27-22(12-13-34-27)15-24(28)30/h1-2,6-11,15-16,19H,3-5,12-14,17-18H2. The third-order valence-electron chi connectivity index (χ3n) is 8.28. The van der Waals surface area contributed by atoms with Crippen LogP contribution in [0.4, 0.5) is 5.69 Å². The molecule has 1 saturated carbocycles. The van der Waals surface area contributed by atoms with Crippen LogP contribution < -0.4 is 14.4 Å².